The maximum atomic E-state index is 11.1. The predicted molar refractivity (Wildman–Crippen MR) is 63.8 cm³/mol. The van der Waals surface area contributed by atoms with E-state index in [0.29, 0.717) is 25.2 Å². The lowest BCUT2D eigenvalue weighted by Gasteiger charge is -2.03. The van der Waals surface area contributed by atoms with Gasteiger partial charge >= 0.3 is 5.97 Å². The van der Waals surface area contributed by atoms with E-state index in [0.717, 1.165) is 6.42 Å². The van der Waals surface area contributed by atoms with E-state index >= 15 is 0 Å². The Bertz CT molecular complexity index is 265. The van der Waals surface area contributed by atoms with E-state index in [2.05, 4.69) is 11.2 Å². The van der Waals surface area contributed by atoms with Gasteiger partial charge in [-0.15, -0.1) is 0 Å². The van der Waals surface area contributed by atoms with E-state index in [1.54, 1.807) is 6.92 Å². The van der Waals surface area contributed by atoms with Gasteiger partial charge < -0.3 is 9.94 Å². The average molecular weight is 227 g/mol. The predicted octanol–water partition coefficient (Wildman–Crippen LogP) is 2.91. The molecular weight excluding hydrogens is 206 g/mol. The lowest BCUT2D eigenvalue weighted by Crippen LogP contribution is -2.07. The number of hydrogen-bond donors (Lipinski definition) is 1. The fraction of sp³-hybridized carbons (Fsp3) is 0.667. The van der Waals surface area contributed by atoms with Gasteiger partial charge in [0.25, 0.3) is 0 Å². The monoisotopic (exact) mass is 227 g/mol. The highest BCUT2D eigenvalue weighted by atomic mass is 16.5. The molecule has 4 heteroatoms. The Morgan fingerprint density at radius 2 is 2.00 bits per heavy atom. The number of carbonyl (C=O) groups is 1. The second kappa shape index (κ2) is 8.95. The van der Waals surface area contributed by atoms with E-state index in [1.165, 1.54) is 5.57 Å². The van der Waals surface area contributed by atoms with Gasteiger partial charge in [-0.1, -0.05) is 16.8 Å². The number of nitrogens with zero attached hydrogens (tertiary/aromatic N) is 1. The Balaban J connectivity index is 3.85. The van der Waals surface area contributed by atoms with Gasteiger partial charge in [-0.2, -0.15) is 0 Å². The van der Waals surface area contributed by atoms with Crippen molar-refractivity contribution in [1.29, 1.82) is 0 Å². The minimum atomic E-state index is -0.245. The number of ether oxygens (including phenoxy) is 1. The normalized spacial score (nSPS) is 11.1. The summed E-state index contributed by atoms with van der Waals surface area (Å²) in [6.07, 6.45) is 4.34. The standard InChI is InChI=1S/C12H21NO3/c1-4-16-12(14)9-8-11(13-15)7-5-6-10(2)3/h6,15H,4-5,7-9H2,1-3H3. The van der Waals surface area contributed by atoms with Gasteiger partial charge in [0, 0.05) is 0 Å². The molecule has 0 aromatic rings. The highest BCUT2D eigenvalue weighted by molar-refractivity contribution is 5.87. The molecule has 4 nitrogen and oxygen atoms in total. The Labute approximate surface area is 97.0 Å². The van der Waals surface area contributed by atoms with E-state index in [9.17, 15) is 4.79 Å². The van der Waals surface area contributed by atoms with Crippen LogP contribution in [0.1, 0.15) is 46.5 Å². The molecule has 0 aromatic heterocycles. The first-order chi connectivity index (χ1) is 7.60. The van der Waals surface area contributed by atoms with E-state index in [-0.39, 0.29) is 12.4 Å². The fourth-order valence-electron chi connectivity index (χ4n) is 1.23. The van der Waals surface area contributed by atoms with Crippen molar-refractivity contribution in [2.75, 3.05) is 6.61 Å². The van der Waals surface area contributed by atoms with Gasteiger partial charge in [-0.05, 0) is 40.0 Å². The number of carbonyl (C=O) groups excluding carboxylic acids is 1. The maximum absolute atomic E-state index is 11.1. The Kier molecular flexibility index (Phi) is 8.21. The summed E-state index contributed by atoms with van der Waals surface area (Å²) in [5.74, 6) is -0.245. The van der Waals surface area contributed by atoms with Crippen molar-refractivity contribution in [2.45, 2.75) is 46.5 Å². The molecule has 0 unspecified atom stereocenters. The van der Waals surface area contributed by atoms with Crippen molar-refractivity contribution in [3.8, 4) is 0 Å². The zero-order chi connectivity index (χ0) is 12.4. The highest BCUT2D eigenvalue weighted by Crippen LogP contribution is 2.05. The third kappa shape index (κ3) is 8.03. The third-order valence-corrected chi connectivity index (χ3v) is 2.05. The quantitative estimate of drug-likeness (QED) is 0.239. The van der Waals surface area contributed by atoms with Crippen LogP contribution >= 0.6 is 0 Å². The second-order valence-electron chi connectivity index (χ2n) is 3.79. The molecule has 0 aliphatic carbocycles. The molecular formula is C12H21NO3. The molecule has 0 rings (SSSR count). The largest absolute Gasteiger partial charge is 0.466 e. The van der Waals surface area contributed by atoms with Gasteiger partial charge in [-0.25, -0.2) is 0 Å². The van der Waals surface area contributed by atoms with Crippen molar-refractivity contribution in [2.24, 2.45) is 5.16 Å². The van der Waals surface area contributed by atoms with E-state index in [1.807, 2.05) is 13.8 Å². The molecule has 16 heavy (non-hydrogen) atoms. The topological polar surface area (TPSA) is 58.9 Å². The molecule has 0 aliphatic heterocycles. The molecule has 0 radical (unpaired) electrons. The number of hydrogen-bond acceptors (Lipinski definition) is 4. The fourth-order valence-corrected chi connectivity index (χ4v) is 1.23. The van der Waals surface area contributed by atoms with Crippen LogP contribution in [-0.2, 0) is 9.53 Å². The van der Waals surface area contributed by atoms with E-state index < -0.39 is 0 Å². The van der Waals surface area contributed by atoms with Gasteiger partial charge in [0.2, 0.25) is 0 Å². The smallest absolute Gasteiger partial charge is 0.306 e. The molecule has 1 N–H and O–H groups in total. The molecule has 0 spiro atoms. The first kappa shape index (κ1) is 14.7. The van der Waals surface area contributed by atoms with Crippen molar-refractivity contribution < 1.29 is 14.7 Å². The first-order valence-corrected chi connectivity index (χ1v) is 5.59. The van der Waals surface area contributed by atoms with Crippen LogP contribution < -0.4 is 0 Å². The van der Waals surface area contributed by atoms with Gasteiger partial charge in [0.1, 0.15) is 0 Å². The highest BCUT2D eigenvalue weighted by Gasteiger charge is 2.05. The Morgan fingerprint density at radius 3 is 2.50 bits per heavy atom. The summed E-state index contributed by atoms with van der Waals surface area (Å²) >= 11 is 0. The van der Waals surface area contributed by atoms with Crippen molar-refractivity contribution in [3.63, 3.8) is 0 Å². The lowest BCUT2D eigenvalue weighted by molar-refractivity contribution is -0.142. The van der Waals surface area contributed by atoms with Crippen molar-refractivity contribution in [3.05, 3.63) is 11.6 Å². The third-order valence-electron chi connectivity index (χ3n) is 2.05. The Hall–Kier alpha value is -1.32. The average Bonchev–Trinajstić information content (AvgIpc) is 2.23. The first-order valence-electron chi connectivity index (χ1n) is 5.59. The minimum absolute atomic E-state index is 0.245. The van der Waals surface area contributed by atoms with Crippen LogP contribution in [0, 0.1) is 0 Å². The molecule has 0 aliphatic rings. The molecule has 0 aromatic carbocycles. The van der Waals surface area contributed by atoms with Crippen LogP contribution in [-0.4, -0.2) is 23.5 Å². The number of allylic oxidation sites excluding steroid dienone is 2. The zero-order valence-electron chi connectivity index (χ0n) is 10.3. The summed E-state index contributed by atoms with van der Waals surface area (Å²) in [6.45, 7) is 6.21. The van der Waals surface area contributed by atoms with E-state index in [4.69, 9.17) is 9.94 Å². The van der Waals surface area contributed by atoms with Crippen LogP contribution in [0.5, 0.6) is 0 Å². The number of rotatable bonds is 7. The summed E-state index contributed by atoms with van der Waals surface area (Å²) in [4.78, 5) is 11.1. The van der Waals surface area contributed by atoms with Crippen LogP contribution in [0.25, 0.3) is 0 Å². The summed E-state index contributed by atoms with van der Waals surface area (Å²) in [6, 6.07) is 0. The molecule has 0 amide bonds. The lowest BCUT2D eigenvalue weighted by atomic mass is 10.1. The summed E-state index contributed by atoms with van der Waals surface area (Å²) in [5.41, 5.74) is 1.88. The second-order valence-corrected chi connectivity index (χ2v) is 3.79. The molecule has 0 saturated heterocycles. The van der Waals surface area contributed by atoms with Crippen molar-refractivity contribution in [1.82, 2.24) is 0 Å². The van der Waals surface area contributed by atoms with Gasteiger partial charge in [-0.3, -0.25) is 4.79 Å². The van der Waals surface area contributed by atoms with Crippen molar-refractivity contribution >= 4 is 11.7 Å². The van der Waals surface area contributed by atoms with Crippen LogP contribution in [0.4, 0.5) is 0 Å². The summed E-state index contributed by atoms with van der Waals surface area (Å²) < 4.78 is 4.79. The summed E-state index contributed by atoms with van der Waals surface area (Å²) in [7, 11) is 0. The van der Waals surface area contributed by atoms with Gasteiger partial charge in [0.05, 0.1) is 18.7 Å². The maximum Gasteiger partial charge on any atom is 0.306 e. The molecule has 0 fully saturated rings. The number of oxime groups is 1. The van der Waals surface area contributed by atoms with Gasteiger partial charge in [0.15, 0.2) is 0 Å². The Morgan fingerprint density at radius 1 is 1.31 bits per heavy atom. The molecule has 92 valence electrons. The number of esters is 1. The molecule has 0 atom stereocenters. The molecule has 0 heterocycles. The molecule has 0 bridgehead atoms. The molecule has 0 saturated carbocycles. The zero-order valence-corrected chi connectivity index (χ0v) is 10.3. The van der Waals surface area contributed by atoms with Crippen LogP contribution in [0.2, 0.25) is 0 Å². The summed E-state index contributed by atoms with van der Waals surface area (Å²) in [5, 5.41) is 11.9. The minimum Gasteiger partial charge on any atom is -0.466 e. The van der Waals surface area contributed by atoms with Crippen LogP contribution in [0.3, 0.4) is 0 Å². The van der Waals surface area contributed by atoms with Crippen LogP contribution in [0.15, 0.2) is 16.8 Å². The SMILES string of the molecule is CCOC(=O)CCC(CCC=C(C)C)=NO.